The quantitative estimate of drug-likeness (QED) is 0.519. The number of carbonyl (C=O) groups excluding carboxylic acids is 1. The van der Waals surface area contributed by atoms with Crippen molar-refractivity contribution in [3.63, 3.8) is 0 Å². The molecule has 1 aromatic heterocycles. The number of anilines is 1. The predicted molar refractivity (Wildman–Crippen MR) is 75.7 cm³/mol. The Morgan fingerprint density at radius 2 is 2.25 bits per heavy atom. The molecule has 0 aliphatic carbocycles. The fourth-order valence-corrected chi connectivity index (χ4v) is 1.54. The van der Waals surface area contributed by atoms with Crippen LogP contribution in [0, 0.1) is 0 Å². The Labute approximate surface area is 123 Å². The van der Waals surface area contributed by atoms with Gasteiger partial charge in [-0.1, -0.05) is 11.6 Å². The van der Waals surface area contributed by atoms with Crippen LogP contribution in [-0.2, 0) is 20.9 Å². The van der Waals surface area contributed by atoms with Crippen LogP contribution in [0.2, 0.25) is 5.15 Å². The maximum atomic E-state index is 11.5. The van der Waals surface area contributed by atoms with Crippen LogP contribution in [-0.4, -0.2) is 49.3 Å². The van der Waals surface area contributed by atoms with Crippen molar-refractivity contribution in [1.29, 1.82) is 0 Å². The largest absolute Gasteiger partial charge is 0.383 e. The lowest BCUT2D eigenvalue weighted by molar-refractivity contribution is -0.119. The first-order valence-electron chi connectivity index (χ1n) is 6.26. The van der Waals surface area contributed by atoms with Gasteiger partial charge in [0.15, 0.2) is 5.82 Å². The maximum Gasteiger partial charge on any atom is 0.239 e. The second-order valence-electron chi connectivity index (χ2n) is 3.83. The molecule has 0 fully saturated rings. The predicted octanol–water partition coefficient (Wildman–Crippen LogP) is 0.841. The summed E-state index contributed by atoms with van der Waals surface area (Å²) < 4.78 is 10.1. The number of methoxy groups -OCH3 is 1. The van der Waals surface area contributed by atoms with Gasteiger partial charge in [-0.05, 0) is 6.92 Å². The number of rotatable bonds is 9. The molecule has 0 spiro atoms. The molecule has 1 rings (SSSR count). The second kappa shape index (κ2) is 9.46. The lowest BCUT2D eigenvalue weighted by Crippen LogP contribution is -2.32. The molecular weight excluding hydrogens is 284 g/mol. The van der Waals surface area contributed by atoms with Crippen molar-refractivity contribution < 1.29 is 14.3 Å². The molecule has 0 unspecified atom stereocenters. The van der Waals surface area contributed by atoms with Crippen LogP contribution in [0.15, 0.2) is 6.07 Å². The van der Waals surface area contributed by atoms with Gasteiger partial charge in [-0.25, -0.2) is 9.97 Å². The van der Waals surface area contributed by atoms with E-state index in [1.165, 1.54) is 0 Å². The van der Waals surface area contributed by atoms with E-state index in [1.807, 2.05) is 6.92 Å². The van der Waals surface area contributed by atoms with E-state index in [0.29, 0.717) is 36.6 Å². The van der Waals surface area contributed by atoms with Crippen LogP contribution in [0.3, 0.4) is 0 Å². The molecule has 0 saturated carbocycles. The molecule has 2 N–H and O–H groups in total. The van der Waals surface area contributed by atoms with Crippen molar-refractivity contribution in [3.05, 3.63) is 17.0 Å². The van der Waals surface area contributed by atoms with Crippen LogP contribution < -0.4 is 10.6 Å². The lowest BCUT2D eigenvalue weighted by atomic mass is 10.5. The monoisotopic (exact) mass is 302 g/mol. The van der Waals surface area contributed by atoms with Crippen molar-refractivity contribution in [2.45, 2.75) is 13.5 Å². The van der Waals surface area contributed by atoms with Gasteiger partial charge in [0, 0.05) is 26.3 Å². The van der Waals surface area contributed by atoms with E-state index in [0.717, 1.165) is 0 Å². The number of aromatic nitrogens is 2. The molecule has 1 amide bonds. The Balaban J connectivity index is 2.46. The number of hydrogen-bond acceptors (Lipinski definition) is 6. The first kappa shape index (κ1) is 16.6. The van der Waals surface area contributed by atoms with Gasteiger partial charge < -0.3 is 20.1 Å². The topological polar surface area (TPSA) is 85.4 Å². The van der Waals surface area contributed by atoms with Crippen molar-refractivity contribution in [2.24, 2.45) is 0 Å². The highest BCUT2D eigenvalue weighted by Gasteiger charge is 2.05. The van der Waals surface area contributed by atoms with Gasteiger partial charge in [-0.3, -0.25) is 4.79 Å². The van der Waals surface area contributed by atoms with E-state index in [-0.39, 0.29) is 19.1 Å². The molecule has 0 radical (unpaired) electrons. The molecule has 20 heavy (non-hydrogen) atoms. The van der Waals surface area contributed by atoms with Gasteiger partial charge in [-0.15, -0.1) is 0 Å². The van der Waals surface area contributed by atoms with Crippen LogP contribution >= 0.6 is 11.6 Å². The first-order chi connectivity index (χ1) is 9.65. The minimum Gasteiger partial charge on any atom is -0.383 e. The van der Waals surface area contributed by atoms with Crippen molar-refractivity contribution in [1.82, 2.24) is 15.3 Å². The fourth-order valence-electron chi connectivity index (χ4n) is 1.34. The van der Waals surface area contributed by atoms with Gasteiger partial charge in [0.05, 0.1) is 13.2 Å². The van der Waals surface area contributed by atoms with Gasteiger partial charge in [0.25, 0.3) is 0 Å². The smallest absolute Gasteiger partial charge is 0.239 e. The first-order valence-corrected chi connectivity index (χ1v) is 6.64. The average molecular weight is 303 g/mol. The highest BCUT2D eigenvalue weighted by Crippen LogP contribution is 2.11. The van der Waals surface area contributed by atoms with Crippen molar-refractivity contribution in [2.75, 3.05) is 38.7 Å². The van der Waals surface area contributed by atoms with E-state index >= 15 is 0 Å². The minimum absolute atomic E-state index is 0.102. The maximum absolute atomic E-state index is 11.5. The summed E-state index contributed by atoms with van der Waals surface area (Å²) in [6.45, 7) is 3.78. The molecule has 0 saturated heterocycles. The standard InChI is InChI=1S/C12H19ClN4O3/c1-3-20-8-11-16-9(13)6-10(17-11)15-7-12(18)14-4-5-19-2/h6H,3-5,7-8H2,1-2H3,(H,14,18)(H,15,16,17). The van der Waals surface area contributed by atoms with E-state index in [4.69, 9.17) is 21.1 Å². The van der Waals surface area contributed by atoms with Gasteiger partial charge >= 0.3 is 0 Å². The Hall–Kier alpha value is -1.44. The molecule has 1 aromatic rings. The summed E-state index contributed by atoms with van der Waals surface area (Å²) >= 11 is 5.88. The molecule has 0 aliphatic rings. The Morgan fingerprint density at radius 3 is 2.95 bits per heavy atom. The van der Waals surface area contributed by atoms with Crippen molar-refractivity contribution >= 4 is 23.3 Å². The SMILES string of the molecule is CCOCc1nc(Cl)cc(NCC(=O)NCCOC)n1. The number of ether oxygens (including phenoxy) is 2. The van der Waals surface area contributed by atoms with E-state index in [2.05, 4.69) is 20.6 Å². The zero-order valence-electron chi connectivity index (χ0n) is 11.6. The molecule has 0 aromatic carbocycles. The summed E-state index contributed by atoms with van der Waals surface area (Å²) in [6.07, 6.45) is 0. The van der Waals surface area contributed by atoms with Crippen LogP contribution in [0.25, 0.3) is 0 Å². The molecule has 1 heterocycles. The van der Waals surface area contributed by atoms with Crippen LogP contribution in [0.1, 0.15) is 12.7 Å². The Kier molecular flexibility index (Phi) is 7.86. The third-order valence-electron chi connectivity index (χ3n) is 2.23. The second-order valence-corrected chi connectivity index (χ2v) is 4.21. The lowest BCUT2D eigenvalue weighted by Gasteiger charge is -2.08. The summed E-state index contributed by atoms with van der Waals surface area (Å²) in [5.41, 5.74) is 0. The summed E-state index contributed by atoms with van der Waals surface area (Å²) in [6, 6.07) is 1.55. The highest BCUT2D eigenvalue weighted by molar-refractivity contribution is 6.29. The molecule has 0 atom stereocenters. The normalized spacial score (nSPS) is 10.3. The van der Waals surface area contributed by atoms with E-state index in [9.17, 15) is 4.79 Å². The fraction of sp³-hybridized carbons (Fsp3) is 0.583. The zero-order valence-corrected chi connectivity index (χ0v) is 12.4. The molecule has 0 aliphatic heterocycles. The Morgan fingerprint density at radius 1 is 1.45 bits per heavy atom. The number of amides is 1. The number of nitrogens with zero attached hydrogens (tertiary/aromatic N) is 2. The number of hydrogen-bond donors (Lipinski definition) is 2. The van der Waals surface area contributed by atoms with Crippen LogP contribution in [0.4, 0.5) is 5.82 Å². The summed E-state index contributed by atoms with van der Waals surface area (Å²) in [4.78, 5) is 19.7. The number of carbonyl (C=O) groups is 1. The minimum atomic E-state index is -0.150. The Bertz CT molecular complexity index is 431. The summed E-state index contributed by atoms with van der Waals surface area (Å²) in [7, 11) is 1.58. The highest BCUT2D eigenvalue weighted by atomic mass is 35.5. The van der Waals surface area contributed by atoms with Crippen LogP contribution in [0.5, 0.6) is 0 Å². The zero-order chi connectivity index (χ0) is 14.8. The third kappa shape index (κ3) is 6.65. The molecular formula is C12H19ClN4O3. The molecule has 7 nitrogen and oxygen atoms in total. The molecule has 112 valence electrons. The third-order valence-corrected chi connectivity index (χ3v) is 2.43. The number of halogens is 1. The summed E-state index contributed by atoms with van der Waals surface area (Å²) in [5, 5.41) is 5.88. The van der Waals surface area contributed by atoms with E-state index in [1.54, 1.807) is 13.2 Å². The average Bonchev–Trinajstić information content (AvgIpc) is 2.43. The van der Waals surface area contributed by atoms with Crippen molar-refractivity contribution in [3.8, 4) is 0 Å². The number of nitrogens with one attached hydrogen (secondary N) is 2. The molecule has 8 heteroatoms. The molecule has 0 bridgehead atoms. The van der Waals surface area contributed by atoms with E-state index < -0.39 is 0 Å². The summed E-state index contributed by atoms with van der Waals surface area (Å²) in [5.74, 6) is 0.811. The van der Waals surface area contributed by atoms with Gasteiger partial charge in [0.2, 0.25) is 5.91 Å². The van der Waals surface area contributed by atoms with Gasteiger partial charge in [-0.2, -0.15) is 0 Å². The van der Waals surface area contributed by atoms with Gasteiger partial charge in [0.1, 0.15) is 17.6 Å².